The van der Waals surface area contributed by atoms with Crippen LogP contribution in [-0.4, -0.2) is 7.11 Å². The van der Waals surface area contributed by atoms with Crippen molar-refractivity contribution < 1.29 is 4.74 Å². The molecule has 0 aliphatic carbocycles. The zero-order chi connectivity index (χ0) is 7.56. The number of benzene rings is 1. The zero-order valence-corrected chi connectivity index (χ0v) is 7.37. The highest BCUT2D eigenvalue weighted by Gasteiger charge is 1.93. The Labute approximate surface area is 63.6 Å². The summed E-state index contributed by atoms with van der Waals surface area (Å²) < 4.78 is 5.04. The van der Waals surface area contributed by atoms with Gasteiger partial charge >= 0.3 is 0 Å². The summed E-state index contributed by atoms with van der Waals surface area (Å²) in [7, 11) is 4.35. The Morgan fingerprint density at radius 1 is 1.40 bits per heavy atom. The van der Waals surface area contributed by atoms with Crippen molar-refractivity contribution in [3.05, 3.63) is 23.8 Å². The Hall–Kier alpha value is -0.550. The first kappa shape index (κ1) is 7.56. The number of rotatable bonds is 1. The Balaban J connectivity index is 3.04. The van der Waals surface area contributed by atoms with Crippen LogP contribution in [-0.2, 0) is 0 Å². The molecule has 1 rings (SSSR count). The molecule has 0 saturated carbocycles. The molecule has 0 aliphatic heterocycles. The molecule has 0 saturated heterocycles. The van der Waals surface area contributed by atoms with Crippen LogP contribution in [0.2, 0.25) is 0 Å². The summed E-state index contributed by atoms with van der Waals surface area (Å²) in [6.45, 7) is 2.07. The van der Waals surface area contributed by atoms with Crippen molar-refractivity contribution in [1.29, 1.82) is 0 Å². The van der Waals surface area contributed by atoms with Crippen molar-refractivity contribution in [3.8, 4) is 5.75 Å². The summed E-state index contributed by atoms with van der Waals surface area (Å²) in [5.41, 5.74) is 1.27. The second-order valence-electron chi connectivity index (χ2n) is 2.22. The molecule has 0 heterocycles. The first-order valence-electron chi connectivity index (χ1n) is 3.14. The highest BCUT2D eigenvalue weighted by Crippen LogP contribution is 2.10. The predicted octanol–water partition coefficient (Wildman–Crippen LogP) is 1.50. The van der Waals surface area contributed by atoms with Crippen LogP contribution in [0.3, 0.4) is 0 Å². The summed E-state index contributed by atoms with van der Waals surface area (Å²) in [5.74, 6) is 0.913. The largest absolute Gasteiger partial charge is 0.497 e. The fourth-order valence-electron chi connectivity index (χ4n) is 0.746. The number of hydrogen-bond acceptors (Lipinski definition) is 1. The molecule has 1 nitrogen and oxygen atoms in total. The highest BCUT2D eigenvalue weighted by molar-refractivity contribution is 7.27. The first-order chi connectivity index (χ1) is 4.74. The van der Waals surface area contributed by atoms with Crippen LogP contribution in [0, 0.1) is 6.92 Å². The Bertz CT molecular complexity index is 233. The van der Waals surface area contributed by atoms with E-state index in [1.807, 2.05) is 18.2 Å². The van der Waals surface area contributed by atoms with E-state index in [9.17, 15) is 0 Å². The van der Waals surface area contributed by atoms with Crippen LogP contribution in [0.1, 0.15) is 5.56 Å². The predicted molar refractivity (Wildman–Crippen MR) is 47.1 cm³/mol. The number of aryl methyl sites for hydroxylation is 1. The van der Waals surface area contributed by atoms with Crippen LogP contribution >= 0.6 is 9.24 Å². The Morgan fingerprint density at radius 3 is 2.60 bits per heavy atom. The molecule has 0 bridgehead atoms. The molecule has 54 valence electrons. The fraction of sp³-hybridized carbons (Fsp3) is 0.250. The minimum Gasteiger partial charge on any atom is -0.497 e. The second kappa shape index (κ2) is 3.03. The van der Waals surface area contributed by atoms with Crippen molar-refractivity contribution in [3.63, 3.8) is 0 Å². The van der Waals surface area contributed by atoms with Crippen LogP contribution in [0.4, 0.5) is 0 Å². The maximum absolute atomic E-state index is 5.04. The SMILES string of the molecule is COc1ccc(C)c(P)c1. The van der Waals surface area contributed by atoms with Gasteiger partial charge in [-0.05, 0) is 29.9 Å². The van der Waals surface area contributed by atoms with Gasteiger partial charge in [0.2, 0.25) is 0 Å². The fourth-order valence-corrected chi connectivity index (χ4v) is 1.01. The lowest BCUT2D eigenvalue weighted by atomic mass is 10.2. The zero-order valence-electron chi connectivity index (χ0n) is 6.22. The van der Waals surface area contributed by atoms with Gasteiger partial charge in [0.1, 0.15) is 5.75 Å². The van der Waals surface area contributed by atoms with E-state index in [2.05, 4.69) is 16.2 Å². The lowest BCUT2D eigenvalue weighted by molar-refractivity contribution is 0.415. The average molecular weight is 154 g/mol. The maximum atomic E-state index is 5.04. The molecular formula is C8H11OP. The van der Waals surface area contributed by atoms with Crippen LogP contribution in [0.5, 0.6) is 5.75 Å². The van der Waals surface area contributed by atoms with Gasteiger partial charge in [0, 0.05) is 0 Å². The van der Waals surface area contributed by atoms with Crippen molar-refractivity contribution >= 4 is 14.5 Å². The second-order valence-corrected chi connectivity index (χ2v) is 2.84. The van der Waals surface area contributed by atoms with Gasteiger partial charge in [-0.2, -0.15) is 0 Å². The van der Waals surface area contributed by atoms with Gasteiger partial charge in [0.25, 0.3) is 0 Å². The average Bonchev–Trinajstić information content (AvgIpc) is 1.95. The van der Waals surface area contributed by atoms with Crippen molar-refractivity contribution in [2.45, 2.75) is 6.92 Å². The quantitative estimate of drug-likeness (QED) is 0.557. The summed E-state index contributed by atoms with van der Waals surface area (Å²) in [5, 5.41) is 1.19. The van der Waals surface area contributed by atoms with E-state index >= 15 is 0 Å². The van der Waals surface area contributed by atoms with Gasteiger partial charge in [-0.3, -0.25) is 0 Å². The van der Waals surface area contributed by atoms with Gasteiger partial charge in [-0.25, -0.2) is 0 Å². The minimum absolute atomic E-state index is 0.913. The normalized spacial score (nSPS) is 9.50. The highest BCUT2D eigenvalue weighted by atomic mass is 31.0. The molecule has 0 aromatic heterocycles. The molecule has 1 aromatic carbocycles. The standard InChI is InChI=1S/C8H11OP/c1-6-3-4-7(9-2)5-8(6)10/h3-5H,10H2,1-2H3. The van der Waals surface area contributed by atoms with Crippen molar-refractivity contribution in [2.75, 3.05) is 7.11 Å². The topological polar surface area (TPSA) is 9.23 Å². The number of ether oxygens (including phenoxy) is 1. The molecule has 1 aromatic rings. The molecular weight excluding hydrogens is 143 g/mol. The molecule has 2 heteroatoms. The number of methoxy groups -OCH3 is 1. The van der Waals surface area contributed by atoms with Crippen molar-refractivity contribution in [1.82, 2.24) is 0 Å². The lowest BCUT2D eigenvalue weighted by Gasteiger charge is -2.02. The summed E-state index contributed by atoms with van der Waals surface area (Å²) in [6, 6.07) is 6.00. The van der Waals surface area contributed by atoms with E-state index in [1.165, 1.54) is 10.9 Å². The third kappa shape index (κ3) is 1.48. The first-order valence-corrected chi connectivity index (χ1v) is 3.72. The van der Waals surface area contributed by atoms with E-state index in [0.29, 0.717) is 0 Å². The third-order valence-electron chi connectivity index (χ3n) is 1.49. The van der Waals surface area contributed by atoms with E-state index < -0.39 is 0 Å². The van der Waals surface area contributed by atoms with Crippen LogP contribution in [0.25, 0.3) is 0 Å². The number of hydrogen-bond donors (Lipinski definition) is 0. The van der Waals surface area contributed by atoms with E-state index in [1.54, 1.807) is 7.11 Å². The van der Waals surface area contributed by atoms with Crippen molar-refractivity contribution in [2.24, 2.45) is 0 Å². The molecule has 0 amide bonds. The summed E-state index contributed by atoms with van der Waals surface area (Å²) in [4.78, 5) is 0. The molecule has 0 spiro atoms. The van der Waals surface area contributed by atoms with E-state index in [-0.39, 0.29) is 0 Å². The van der Waals surface area contributed by atoms with Crippen LogP contribution < -0.4 is 10.0 Å². The molecule has 1 unspecified atom stereocenters. The van der Waals surface area contributed by atoms with E-state index in [0.717, 1.165) is 5.75 Å². The summed E-state index contributed by atoms with van der Waals surface area (Å²) >= 11 is 0. The van der Waals surface area contributed by atoms with Gasteiger partial charge in [-0.15, -0.1) is 9.24 Å². The molecule has 0 radical (unpaired) electrons. The third-order valence-corrected chi connectivity index (χ3v) is 2.11. The van der Waals surface area contributed by atoms with Crippen LogP contribution in [0.15, 0.2) is 18.2 Å². The molecule has 0 aliphatic rings. The van der Waals surface area contributed by atoms with Gasteiger partial charge in [0.15, 0.2) is 0 Å². The molecule has 1 atom stereocenters. The van der Waals surface area contributed by atoms with E-state index in [4.69, 9.17) is 4.74 Å². The molecule has 0 N–H and O–H groups in total. The summed E-state index contributed by atoms with van der Waals surface area (Å²) in [6.07, 6.45) is 0. The van der Waals surface area contributed by atoms with Gasteiger partial charge in [-0.1, -0.05) is 6.07 Å². The smallest absolute Gasteiger partial charge is 0.119 e. The Morgan fingerprint density at radius 2 is 2.10 bits per heavy atom. The van der Waals surface area contributed by atoms with Gasteiger partial charge in [0.05, 0.1) is 7.11 Å². The Kier molecular flexibility index (Phi) is 2.29. The minimum atomic E-state index is 0.913. The maximum Gasteiger partial charge on any atom is 0.119 e. The van der Waals surface area contributed by atoms with Gasteiger partial charge < -0.3 is 4.74 Å². The molecule has 10 heavy (non-hydrogen) atoms. The lowest BCUT2D eigenvalue weighted by Crippen LogP contribution is -1.96. The molecule has 0 fully saturated rings. The monoisotopic (exact) mass is 154 g/mol.